The van der Waals surface area contributed by atoms with Crippen LogP contribution in [0.4, 0.5) is 0 Å². The summed E-state index contributed by atoms with van der Waals surface area (Å²) in [5.74, 6) is 1.54. The highest BCUT2D eigenvalue weighted by Gasteiger charge is 2.19. The molecule has 0 radical (unpaired) electrons. The van der Waals surface area contributed by atoms with Crippen molar-refractivity contribution in [1.29, 1.82) is 0 Å². The molecular formula is C47H90O6. The van der Waals surface area contributed by atoms with Gasteiger partial charge in [0.2, 0.25) is 0 Å². The summed E-state index contributed by atoms with van der Waals surface area (Å²) in [4.78, 5) is 37.7. The van der Waals surface area contributed by atoms with Gasteiger partial charge in [0.1, 0.15) is 13.2 Å². The molecule has 0 aliphatic rings. The van der Waals surface area contributed by atoms with Crippen LogP contribution in [0.15, 0.2) is 0 Å². The van der Waals surface area contributed by atoms with Crippen LogP contribution in [-0.4, -0.2) is 37.2 Å². The van der Waals surface area contributed by atoms with Gasteiger partial charge in [0.25, 0.3) is 0 Å². The van der Waals surface area contributed by atoms with Crippen LogP contribution in [0.1, 0.15) is 247 Å². The van der Waals surface area contributed by atoms with E-state index in [2.05, 4.69) is 41.5 Å². The highest BCUT2D eigenvalue weighted by atomic mass is 16.6. The lowest BCUT2D eigenvalue weighted by atomic mass is 10.0. The van der Waals surface area contributed by atoms with Crippen molar-refractivity contribution in [3.8, 4) is 0 Å². The molecule has 0 aromatic rings. The Kier molecular flexibility index (Phi) is 37.5. The Hall–Kier alpha value is -1.59. The van der Waals surface area contributed by atoms with E-state index in [1.165, 1.54) is 128 Å². The molecule has 314 valence electrons. The smallest absolute Gasteiger partial charge is 0.306 e. The molecule has 1 atom stereocenters. The monoisotopic (exact) mass is 751 g/mol. The van der Waals surface area contributed by atoms with Crippen molar-refractivity contribution < 1.29 is 28.6 Å². The van der Waals surface area contributed by atoms with Crippen molar-refractivity contribution in [3.63, 3.8) is 0 Å². The first-order valence-corrected chi connectivity index (χ1v) is 23.1. The van der Waals surface area contributed by atoms with Gasteiger partial charge in [-0.3, -0.25) is 14.4 Å². The Morgan fingerprint density at radius 1 is 0.321 bits per heavy atom. The van der Waals surface area contributed by atoms with Gasteiger partial charge in [-0.15, -0.1) is 0 Å². The van der Waals surface area contributed by atoms with Gasteiger partial charge in [0, 0.05) is 19.3 Å². The number of carbonyl (C=O) groups is 3. The normalized spacial score (nSPS) is 12.2. The van der Waals surface area contributed by atoms with E-state index in [1.54, 1.807) is 0 Å². The van der Waals surface area contributed by atoms with Crippen LogP contribution < -0.4 is 0 Å². The first-order valence-electron chi connectivity index (χ1n) is 23.1. The van der Waals surface area contributed by atoms with Crippen molar-refractivity contribution in [1.82, 2.24) is 0 Å². The minimum Gasteiger partial charge on any atom is -0.462 e. The second-order valence-corrected chi connectivity index (χ2v) is 17.5. The molecule has 0 aromatic heterocycles. The third-order valence-electron chi connectivity index (χ3n) is 10.4. The summed E-state index contributed by atoms with van der Waals surface area (Å²) in [5.41, 5.74) is 0. The van der Waals surface area contributed by atoms with E-state index >= 15 is 0 Å². The maximum absolute atomic E-state index is 12.7. The number of ether oxygens (including phenoxy) is 3. The molecule has 0 unspecified atom stereocenters. The zero-order valence-corrected chi connectivity index (χ0v) is 36.3. The van der Waals surface area contributed by atoms with Crippen LogP contribution >= 0.6 is 0 Å². The summed E-state index contributed by atoms with van der Waals surface area (Å²) in [6, 6.07) is 0. The van der Waals surface area contributed by atoms with Gasteiger partial charge >= 0.3 is 17.9 Å². The minimum absolute atomic E-state index is 0.0667. The Morgan fingerprint density at radius 2 is 0.547 bits per heavy atom. The molecule has 6 nitrogen and oxygen atoms in total. The van der Waals surface area contributed by atoms with E-state index in [1.807, 2.05) is 0 Å². The van der Waals surface area contributed by atoms with Crippen LogP contribution in [0.5, 0.6) is 0 Å². The highest BCUT2D eigenvalue weighted by Crippen LogP contribution is 2.17. The van der Waals surface area contributed by atoms with Crippen LogP contribution in [0.3, 0.4) is 0 Å². The Bertz CT molecular complexity index is 822. The quantitative estimate of drug-likeness (QED) is 0.0352. The molecule has 0 amide bonds. The first kappa shape index (κ1) is 51.4. The summed E-state index contributed by atoms with van der Waals surface area (Å²) >= 11 is 0. The van der Waals surface area contributed by atoms with Gasteiger partial charge < -0.3 is 14.2 Å². The highest BCUT2D eigenvalue weighted by molar-refractivity contribution is 5.71. The largest absolute Gasteiger partial charge is 0.462 e. The van der Waals surface area contributed by atoms with Crippen molar-refractivity contribution in [3.05, 3.63) is 0 Å². The Morgan fingerprint density at radius 3 is 0.811 bits per heavy atom. The first-order chi connectivity index (χ1) is 25.6. The zero-order chi connectivity index (χ0) is 39.2. The lowest BCUT2D eigenvalue weighted by Gasteiger charge is -2.18. The van der Waals surface area contributed by atoms with Crippen LogP contribution in [0.25, 0.3) is 0 Å². The number of hydrogen-bond acceptors (Lipinski definition) is 6. The Balaban J connectivity index is 4.34. The summed E-state index contributed by atoms with van der Waals surface area (Å²) < 4.78 is 16.7. The summed E-state index contributed by atoms with van der Waals surface area (Å²) in [7, 11) is 0. The van der Waals surface area contributed by atoms with E-state index in [0.717, 1.165) is 75.5 Å². The molecule has 0 aromatic carbocycles. The van der Waals surface area contributed by atoms with Crippen LogP contribution in [-0.2, 0) is 28.6 Å². The molecule has 0 aliphatic heterocycles. The molecule has 0 saturated carbocycles. The average Bonchev–Trinajstić information content (AvgIpc) is 3.11. The summed E-state index contributed by atoms with van der Waals surface area (Å²) in [5, 5.41) is 0. The molecule has 0 saturated heterocycles. The van der Waals surface area contributed by atoms with Crippen molar-refractivity contribution >= 4 is 17.9 Å². The van der Waals surface area contributed by atoms with Gasteiger partial charge in [-0.2, -0.15) is 0 Å². The number of rotatable bonds is 40. The maximum atomic E-state index is 12.7. The molecule has 0 fully saturated rings. The standard InChI is InChI=1S/C47H90O6/c1-41(2)33-27-21-15-10-8-7-9-11-19-26-32-38-47(50)53-44(40-52-46(49)37-31-25-20-14-17-23-29-35-43(5)6)39-51-45(48)36-30-24-18-13-12-16-22-28-34-42(3)4/h41-44H,7-40H2,1-6H3/t44-/m0/s1. The third-order valence-corrected chi connectivity index (χ3v) is 10.4. The SMILES string of the molecule is CC(C)CCCCCCCCCCCCCC(=O)O[C@@H](COC(=O)CCCCCCCCCCC(C)C)COC(=O)CCCCCCCCCC(C)C. The van der Waals surface area contributed by atoms with E-state index in [0.29, 0.717) is 19.3 Å². The molecule has 6 heteroatoms. The fourth-order valence-electron chi connectivity index (χ4n) is 6.88. The predicted molar refractivity (Wildman–Crippen MR) is 224 cm³/mol. The van der Waals surface area contributed by atoms with Gasteiger partial charge in [-0.05, 0) is 37.0 Å². The lowest BCUT2D eigenvalue weighted by Crippen LogP contribution is -2.30. The van der Waals surface area contributed by atoms with Gasteiger partial charge in [-0.25, -0.2) is 0 Å². The van der Waals surface area contributed by atoms with Crippen LogP contribution in [0.2, 0.25) is 0 Å². The minimum atomic E-state index is -0.762. The second-order valence-electron chi connectivity index (χ2n) is 17.5. The van der Waals surface area contributed by atoms with Crippen LogP contribution in [0, 0.1) is 17.8 Å². The van der Waals surface area contributed by atoms with Gasteiger partial charge in [-0.1, -0.05) is 208 Å². The number of unbranched alkanes of at least 4 members (excludes halogenated alkanes) is 23. The van der Waals surface area contributed by atoms with Crippen molar-refractivity contribution in [2.24, 2.45) is 17.8 Å². The molecule has 53 heavy (non-hydrogen) atoms. The number of hydrogen-bond donors (Lipinski definition) is 0. The number of carbonyl (C=O) groups excluding carboxylic acids is 3. The van der Waals surface area contributed by atoms with E-state index < -0.39 is 6.10 Å². The molecule has 0 aliphatic carbocycles. The van der Waals surface area contributed by atoms with Gasteiger partial charge in [0.15, 0.2) is 6.10 Å². The topological polar surface area (TPSA) is 78.9 Å². The molecule has 0 spiro atoms. The Labute approximate surface area is 329 Å². The lowest BCUT2D eigenvalue weighted by molar-refractivity contribution is -0.167. The van der Waals surface area contributed by atoms with E-state index in [-0.39, 0.29) is 31.1 Å². The third kappa shape index (κ3) is 41.4. The predicted octanol–water partition coefficient (Wildman–Crippen LogP) is 14.4. The van der Waals surface area contributed by atoms with E-state index in [9.17, 15) is 14.4 Å². The second kappa shape index (κ2) is 38.7. The van der Waals surface area contributed by atoms with Crippen molar-refractivity contribution in [2.45, 2.75) is 253 Å². The zero-order valence-electron chi connectivity index (χ0n) is 36.3. The average molecular weight is 751 g/mol. The summed E-state index contributed by atoms with van der Waals surface area (Å²) in [6.45, 7) is 13.6. The van der Waals surface area contributed by atoms with Gasteiger partial charge in [0.05, 0.1) is 0 Å². The molecule has 0 heterocycles. The van der Waals surface area contributed by atoms with E-state index in [4.69, 9.17) is 14.2 Å². The fourth-order valence-corrected chi connectivity index (χ4v) is 6.88. The summed E-state index contributed by atoms with van der Waals surface area (Å²) in [6.07, 6.45) is 35.3. The molecule has 0 N–H and O–H groups in total. The maximum Gasteiger partial charge on any atom is 0.306 e. The van der Waals surface area contributed by atoms with Crippen molar-refractivity contribution in [2.75, 3.05) is 13.2 Å². The fraction of sp³-hybridized carbons (Fsp3) is 0.936. The molecule has 0 bridgehead atoms. The molecule has 0 rings (SSSR count). The number of esters is 3. The molecular weight excluding hydrogens is 661 g/mol.